The van der Waals surface area contributed by atoms with Gasteiger partial charge in [0.2, 0.25) is 0 Å². The van der Waals surface area contributed by atoms with E-state index in [4.69, 9.17) is 4.74 Å². The van der Waals surface area contributed by atoms with Crippen molar-refractivity contribution in [3.05, 3.63) is 51.2 Å². The highest BCUT2D eigenvalue weighted by Crippen LogP contribution is 2.32. The third-order valence-corrected chi connectivity index (χ3v) is 7.61. The maximum Gasteiger partial charge on any atom is 0.168 e. The smallest absolute Gasteiger partial charge is 0.168 e. The van der Waals surface area contributed by atoms with E-state index in [2.05, 4.69) is 31.3 Å². The van der Waals surface area contributed by atoms with Crippen LogP contribution in [0.25, 0.3) is 0 Å². The molecule has 1 fully saturated rings. The lowest BCUT2D eigenvalue weighted by Gasteiger charge is -2.25. The van der Waals surface area contributed by atoms with Crippen LogP contribution in [0.15, 0.2) is 30.3 Å². The topological polar surface area (TPSA) is 58.6 Å². The zero-order valence-electron chi connectivity index (χ0n) is 18.0. The van der Waals surface area contributed by atoms with Crippen LogP contribution in [0.4, 0.5) is 0 Å². The summed E-state index contributed by atoms with van der Waals surface area (Å²) in [6, 6.07) is 10.3. The van der Waals surface area contributed by atoms with Crippen LogP contribution in [0.5, 0.6) is 5.75 Å². The molecule has 162 valence electrons. The van der Waals surface area contributed by atoms with Crippen LogP contribution in [0.3, 0.4) is 0 Å². The normalized spacial score (nSPS) is 26.0. The third kappa shape index (κ3) is 4.79. The van der Waals surface area contributed by atoms with Gasteiger partial charge in [0.25, 0.3) is 0 Å². The van der Waals surface area contributed by atoms with Gasteiger partial charge in [0.15, 0.2) is 5.78 Å². The molecular weight excluding hydrogens is 394 g/mol. The van der Waals surface area contributed by atoms with Crippen molar-refractivity contribution < 1.29 is 14.6 Å². The number of benzene rings is 1. The maximum atomic E-state index is 12.8. The highest BCUT2D eigenvalue weighted by molar-refractivity contribution is 7.12. The minimum absolute atomic E-state index is 0.00864. The van der Waals surface area contributed by atoms with Crippen molar-refractivity contribution in [2.45, 2.75) is 77.0 Å². The van der Waals surface area contributed by atoms with E-state index in [1.165, 1.54) is 28.2 Å². The van der Waals surface area contributed by atoms with Gasteiger partial charge in [-0.3, -0.25) is 4.79 Å². The third-order valence-electron chi connectivity index (χ3n) is 6.50. The number of aliphatic hydroxyl groups excluding tert-OH is 1. The average Bonchev–Trinajstić information content (AvgIpc) is 3.30. The van der Waals surface area contributed by atoms with Crippen LogP contribution in [0.2, 0.25) is 0 Å². The summed E-state index contributed by atoms with van der Waals surface area (Å²) < 4.78 is 6.08. The number of Topliss-reactive ketones (excluding diaryl/α,β-unsaturated/α-hetero) is 1. The molecule has 1 aromatic heterocycles. The summed E-state index contributed by atoms with van der Waals surface area (Å²) in [5.41, 5.74) is 2.25. The number of rotatable bonds is 8. The van der Waals surface area contributed by atoms with Crippen LogP contribution >= 0.6 is 11.3 Å². The predicted molar refractivity (Wildman–Crippen MR) is 122 cm³/mol. The Morgan fingerprint density at radius 2 is 2.00 bits per heavy atom. The van der Waals surface area contributed by atoms with Crippen molar-refractivity contribution >= 4 is 17.1 Å². The molecule has 0 bridgehead atoms. The number of fused-ring (bicyclic) bond motifs is 1. The van der Waals surface area contributed by atoms with Crippen molar-refractivity contribution in [2.24, 2.45) is 5.92 Å². The van der Waals surface area contributed by atoms with Gasteiger partial charge in [-0.05, 0) is 69.2 Å². The first-order valence-corrected chi connectivity index (χ1v) is 12.2. The molecule has 2 aliphatic rings. The minimum atomic E-state index is -0.553. The number of unbranched alkanes of at least 4 members (excludes halogenated alkanes) is 1. The Labute approximate surface area is 183 Å². The first-order chi connectivity index (χ1) is 14.5. The maximum absolute atomic E-state index is 12.8. The van der Waals surface area contributed by atoms with Crippen molar-refractivity contribution in [2.75, 3.05) is 6.54 Å². The summed E-state index contributed by atoms with van der Waals surface area (Å²) in [6.07, 6.45) is 6.31. The molecule has 1 aromatic carbocycles. The molecule has 4 nitrogen and oxygen atoms in total. The molecule has 1 saturated carbocycles. The standard InChI is InChI=1S/C25H33NO3S/c1-3-4-5-17-6-9-19(10-7-17)29-22-12-11-21(25(22)28)26-15-18-8-13-23-20(24(18)27)14-16(2)30-23/h6-7,9-10,14,18,21-22,25-26,28H,3-5,8,11-13,15H2,1-2H3. The minimum Gasteiger partial charge on any atom is -0.488 e. The zero-order chi connectivity index (χ0) is 21.1. The summed E-state index contributed by atoms with van der Waals surface area (Å²) in [6.45, 7) is 4.90. The molecule has 4 rings (SSSR count). The summed E-state index contributed by atoms with van der Waals surface area (Å²) in [4.78, 5) is 15.2. The number of ketones is 1. The molecular formula is C25H33NO3S. The highest BCUT2D eigenvalue weighted by Gasteiger charge is 2.37. The average molecular weight is 428 g/mol. The van der Waals surface area contributed by atoms with E-state index < -0.39 is 6.10 Å². The van der Waals surface area contributed by atoms with E-state index in [1.54, 1.807) is 11.3 Å². The molecule has 30 heavy (non-hydrogen) atoms. The number of nitrogens with one attached hydrogen (secondary N) is 1. The van der Waals surface area contributed by atoms with Gasteiger partial charge in [0, 0.05) is 33.8 Å². The van der Waals surface area contributed by atoms with E-state index in [-0.39, 0.29) is 23.8 Å². The fourth-order valence-electron chi connectivity index (χ4n) is 4.69. The van der Waals surface area contributed by atoms with E-state index in [9.17, 15) is 9.90 Å². The van der Waals surface area contributed by atoms with Crippen molar-refractivity contribution in [1.29, 1.82) is 0 Å². The molecule has 1 heterocycles. The highest BCUT2D eigenvalue weighted by atomic mass is 32.1. The summed E-state index contributed by atoms with van der Waals surface area (Å²) >= 11 is 1.75. The number of thiophene rings is 1. The molecule has 4 atom stereocenters. The molecule has 2 aromatic rings. The van der Waals surface area contributed by atoms with Gasteiger partial charge in [0.1, 0.15) is 18.0 Å². The van der Waals surface area contributed by atoms with Crippen LogP contribution in [0, 0.1) is 12.8 Å². The lowest BCUT2D eigenvalue weighted by Crippen LogP contribution is -2.44. The van der Waals surface area contributed by atoms with E-state index in [0.717, 1.165) is 43.4 Å². The second kappa shape index (κ2) is 9.63. The number of ether oxygens (including phenoxy) is 1. The van der Waals surface area contributed by atoms with Gasteiger partial charge in [-0.1, -0.05) is 25.5 Å². The largest absolute Gasteiger partial charge is 0.488 e. The summed E-state index contributed by atoms with van der Waals surface area (Å²) in [5.74, 6) is 1.09. The fourth-order valence-corrected chi connectivity index (χ4v) is 5.74. The molecule has 0 spiro atoms. The van der Waals surface area contributed by atoms with Gasteiger partial charge in [-0.2, -0.15) is 0 Å². The molecule has 0 aliphatic heterocycles. The molecule has 2 N–H and O–H groups in total. The molecule has 0 radical (unpaired) electrons. The predicted octanol–water partition coefficient (Wildman–Crippen LogP) is 4.70. The molecule has 0 amide bonds. The molecule has 4 unspecified atom stereocenters. The Kier molecular flexibility index (Phi) is 6.91. The SMILES string of the molecule is CCCCc1ccc(OC2CCC(NCC3CCc4sc(C)cc4C3=O)C2O)cc1. The Hall–Kier alpha value is -1.69. The van der Waals surface area contributed by atoms with E-state index in [1.807, 2.05) is 18.2 Å². The number of aryl methyl sites for hydroxylation is 3. The van der Waals surface area contributed by atoms with Crippen molar-refractivity contribution in [3.8, 4) is 5.75 Å². The monoisotopic (exact) mass is 427 g/mol. The van der Waals surface area contributed by atoms with Gasteiger partial charge >= 0.3 is 0 Å². The van der Waals surface area contributed by atoms with Crippen LogP contribution in [-0.4, -0.2) is 35.7 Å². The van der Waals surface area contributed by atoms with Gasteiger partial charge in [0.05, 0.1) is 0 Å². The van der Waals surface area contributed by atoms with Gasteiger partial charge in [-0.25, -0.2) is 0 Å². The lowest BCUT2D eigenvalue weighted by atomic mass is 9.87. The zero-order valence-corrected chi connectivity index (χ0v) is 18.8. The van der Waals surface area contributed by atoms with Crippen LogP contribution in [-0.2, 0) is 12.8 Å². The number of carbonyl (C=O) groups is 1. The van der Waals surface area contributed by atoms with E-state index in [0.29, 0.717) is 6.54 Å². The fraction of sp³-hybridized carbons (Fsp3) is 0.560. The number of hydrogen-bond donors (Lipinski definition) is 2. The Bertz CT molecular complexity index is 860. The molecule has 5 heteroatoms. The quantitative estimate of drug-likeness (QED) is 0.641. The lowest BCUT2D eigenvalue weighted by molar-refractivity contribution is 0.0441. The van der Waals surface area contributed by atoms with E-state index >= 15 is 0 Å². The Morgan fingerprint density at radius 3 is 2.77 bits per heavy atom. The van der Waals surface area contributed by atoms with Crippen molar-refractivity contribution in [1.82, 2.24) is 5.32 Å². The second-order valence-corrected chi connectivity index (χ2v) is 10.1. The number of aliphatic hydroxyl groups is 1. The number of carbonyl (C=O) groups excluding carboxylic acids is 1. The second-order valence-electron chi connectivity index (χ2n) is 8.78. The van der Waals surface area contributed by atoms with Crippen LogP contribution < -0.4 is 10.1 Å². The Morgan fingerprint density at radius 1 is 1.20 bits per heavy atom. The molecule has 0 saturated heterocycles. The van der Waals surface area contributed by atoms with Gasteiger partial charge < -0.3 is 15.2 Å². The first-order valence-electron chi connectivity index (χ1n) is 11.4. The Balaban J connectivity index is 1.27. The summed E-state index contributed by atoms with van der Waals surface area (Å²) in [5, 5.41) is 14.2. The van der Waals surface area contributed by atoms with Gasteiger partial charge in [-0.15, -0.1) is 11.3 Å². The van der Waals surface area contributed by atoms with Crippen LogP contribution in [0.1, 0.15) is 64.7 Å². The number of hydrogen-bond acceptors (Lipinski definition) is 5. The van der Waals surface area contributed by atoms with Crippen molar-refractivity contribution in [3.63, 3.8) is 0 Å². The summed E-state index contributed by atoms with van der Waals surface area (Å²) in [7, 11) is 0. The molecule has 2 aliphatic carbocycles. The first kappa shape index (κ1) is 21.5.